The Balaban J connectivity index is 2.94. The minimum absolute atomic E-state index is 0.156. The van der Waals surface area contributed by atoms with Crippen LogP contribution in [0.25, 0.3) is 0 Å². The Hall–Kier alpha value is -1.75. The number of amides is 1. The van der Waals surface area contributed by atoms with Gasteiger partial charge in [-0.3, -0.25) is 4.79 Å². The van der Waals surface area contributed by atoms with Crippen LogP contribution in [0.5, 0.6) is 5.75 Å². The molecule has 0 saturated heterocycles. The quantitative estimate of drug-likeness (QED) is 0.811. The molecule has 21 heavy (non-hydrogen) atoms. The van der Waals surface area contributed by atoms with Crippen LogP contribution in [-0.2, 0) is 4.79 Å². The van der Waals surface area contributed by atoms with E-state index in [9.17, 15) is 9.59 Å². The molecule has 6 heteroatoms. The van der Waals surface area contributed by atoms with Gasteiger partial charge >= 0.3 is 5.97 Å². The van der Waals surface area contributed by atoms with Crippen LogP contribution in [0.3, 0.4) is 0 Å². The van der Waals surface area contributed by atoms with E-state index < -0.39 is 17.9 Å². The van der Waals surface area contributed by atoms with Gasteiger partial charge in [-0.05, 0) is 37.5 Å². The molecule has 0 aliphatic rings. The molecule has 1 rings (SSSR count). The number of carbonyl (C=O) groups excluding carboxylic acids is 1. The van der Waals surface area contributed by atoms with E-state index in [0.29, 0.717) is 23.8 Å². The van der Waals surface area contributed by atoms with Crippen LogP contribution in [-0.4, -0.2) is 29.6 Å². The molecule has 2 N–H and O–H groups in total. The van der Waals surface area contributed by atoms with E-state index in [2.05, 4.69) is 5.32 Å². The number of halogens is 1. The highest BCUT2D eigenvalue weighted by atomic mass is 35.5. The van der Waals surface area contributed by atoms with Crippen LogP contribution in [0, 0.1) is 5.92 Å². The summed E-state index contributed by atoms with van der Waals surface area (Å²) in [7, 11) is 0. The molecule has 1 atom stereocenters. The summed E-state index contributed by atoms with van der Waals surface area (Å²) in [5.74, 6) is -1.04. The predicted octanol–water partition coefficient (Wildman–Crippen LogP) is 2.97. The maximum atomic E-state index is 12.3. The van der Waals surface area contributed by atoms with Gasteiger partial charge in [-0.2, -0.15) is 0 Å². The predicted molar refractivity (Wildman–Crippen MR) is 81.0 cm³/mol. The lowest BCUT2D eigenvalue weighted by Gasteiger charge is -2.17. The number of carboxylic acids is 1. The van der Waals surface area contributed by atoms with Gasteiger partial charge in [-0.15, -0.1) is 0 Å². The summed E-state index contributed by atoms with van der Waals surface area (Å²) in [6, 6.07) is 3.70. The van der Waals surface area contributed by atoms with Crippen LogP contribution in [0.4, 0.5) is 0 Å². The van der Waals surface area contributed by atoms with Crippen molar-refractivity contribution >= 4 is 23.5 Å². The van der Waals surface area contributed by atoms with Gasteiger partial charge in [0.25, 0.3) is 5.91 Å². The summed E-state index contributed by atoms with van der Waals surface area (Å²) < 4.78 is 5.37. The second-order valence-corrected chi connectivity index (χ2v) is 5.50. The zero-order chi connectivity index (χ0) is 16.0. The number of ether oxygens (including phenoxy) is 1. The number of carbonyl (C=O) groups is 2. The number of nitrogens with one attached hydrogen (secondary N) is 1. The van der Waals surface area contributed by atoms with Gasteiger partial charge in [-0.1, -0.05) is 25.4 Å². The molecule has 0 heterocycles. The molecule has 0 saturated carbocycles. The zero-order valence-electron chi connectivity index (χ0n) is 12.4. The van der Waals surface area contributed by atoms with E-state index in [1.807, 2.05) is 13.8 Å². The Morgan fingerprint density at radius 3 is 2.57 bits per heavy atom. The standard InChI is InChI=1S/C15H20ClNO4/c1-4-21-13-8-10(16)5-6-11(13)14(18)17-12(15(19)20)7-9(2)3/h5-6,8-9,12H,4,7H2,1-3H3,(H,17,18)(H,19,20)/t12-/m1/s1. The van der Waals surface area contributed by atoms with Gasteiger partial charge in [0.1, 0.15) is 11.8 Å². The van der Waals surface area contributed by atoms with E-state index in [4.69, 9.17) is 21.4 Å². The highest BCUT2D eigenvalue weighted by Crippen LogP contribution is 2.23. The first-order chi connectivity index (χ1) is 9.85. The SMILES string of the molecule is CCOc1cc(Cl)ccc1C(=O)N[C@H](CC(C)C)C(=O)O. The monoisotopic (exact) mass is 313 g/mol. The van der Waals surface area contributed by atoms with Gasteiger partial charge in [0.2, 0.25) is 0 Å². The molecule has 0 fully saturated rings. The van der Waals surface area contributed by atoms with Gasteiger partial charge in [0.05, 0.1) is 12.2 Å². The van der Waals surface area contributed by atoms with Crippen molar-refractivity contribution in [2.75, 3.05) is 6.61 Å². The maximum Gasteiger partial charge on any atom is 0.326 e. The molecule has 0 bridgehead atoms. The highest BCUT2D eigenvalue weighted by Gasteiger charge is 2.23. The highest BCUT2D eigenvalue weighted by molar-refractivity contribution is 6.30. The third-order valence-corrected chi connectivity index (χ3v) is 3.03. The van der Waals surface area contributed by atoms with Crippen molar-refractivity contribution in [3.8, 4) is 5.75 Å². The fourth-order valence-corrected chi connectivity index (χ4v) is 2.05. The minimum Gasteiger partial charge on any atom is -0.493 e. The van der Waals surface area contributed by atoms with E-state index in [1.54, 1.807) is 13.0 Å². The molecular formula is C15H20ClNO4. The number of carboxylic acid groups (broad SMARTS) is 1. The van der Waals surface area contributed by atoms with E-state index in [1.165, 1.54) is 12.1 Å². The largest absolute Gasteiger partial charge is 0.493 e. The fraction of sp³-hybridized carbons (Fsp3) is 0.467. The first-order valence-corrected chi connectivity index (χ1v) is 7.19. The van der Waals surface area contributed by atoms with Gasteiger partial charge in [-0.25, -0.2) is 4.79 Å². The zero-order valence-corrected chi connectivity index (χ0v) is 13.1. The summed E-state index contributed by atoms with van der Waals surface area (Å²) in [4.78, 5) is 23.4. The molecule has 1 aromatic carbocycles. The molecule has 0 aliphatic carbocycles. The van der Waals surface area contributed by atoms with Crippen molar-refractivity contribution in [2.45, 2.75) is 33.2 Å². The van der Waals surface area contributed by atoms with Crippen molar-refractivity contribution in [1.82, 2.24) is 5.32 Å². The Morgan fingerprint density at radius 2 is 2.05 bits per heavy atom. The summed E-state index contributed by atoms with van der Waals surface area (Å²) in [5.41, 5.74) is 0.274. The molecule has 1 aromatic rings. The lowest BCUT2D eigenvalue weighted by atomic mass is 10.0. The number of hydrogen-bond acceptors (Lipinski definition) is 3. The molecular weight excluding hydrogens is 294 g/mol. The molecule has 0 spiro atoms. The minimum atomic E-state index is -1.05. The maximum absolute atomic E-state index is 12.3. The normalized spacial score (nSPS) is 12.0. The molecule has 1 amide bonds. The van der Waals surface area contributed by atoms with Crippen LogP contribution in [0.2, 0.25) is 5.02 Å². The Bertz CT molecular complexity index is 516. The number of rotatable bonds is 7. The topological polar surface area (TPSA) is 75.6 Å². The van der Waals surface area contributed by atoms with Crippen molar-refractivity contribution in [3.05, 3.63) is 28.8 Å². The van der Waals surface area contributed by atoms with Gasteiger partial charge in [0.15, 0.2) is 0 Å². The van der Waals surface area contributed by atoms with Crippen molar-refractivity contribution in [2.24, 2.45) is 5.92 Å². The number of hydrogen-bond donors (Lipinski definition) is 2. The summed E-state index contributed by atoms with van der Waals surface area (Å²) in [6.45, 7) is 5.97. The summed E-state index contributed by atoms with van der Waals surface area (Å²) in [6.07, 6.45) is 0.360. The Labute approximate surface area is 129 Å². The van der Waals surface area contributed by atoms with Crippen molar-refractivity contribution in [1.29, 1.82) is 0 Å². The molecule has 0 aliphatic heterocycles. The van der Waals surface area contributed by atoms with Gasteiger partial charge in [0, 0.05) is 5.02 Å². The van der Waals surface area contributed by atoms with Gasteiger partial charge < -0.3 is 15.2 Å². The number of benzene rings is 1. The van der Waals surface area contributed by atoms with Crippen LogP contribution in [0.1, 0.15) is 37.6 Å². The lowest BCUT2D eigenvalue weighted by molar-refractivity contribution is -0.139. The second kappa shape index (κ2) is 7.88. The van der Waals surface area contributed by atoms with Crippen LogP contribution in [0.15, 0.2) is 18.2 Å². The Kier molecular flexibility index (Phi) is 6.49. The molecule has 0 aromatic heterocycles. The first kappa shape index (κ1) is 17.3. The smallest absolute Gasteiger partial charge is 0.326 e. The van der Waals surface area contributed by atoms with Crippen LogP contribution >= 0.6 is 11.6 Å². The summed E-state index contributed by atoms with van der Waals surface area (Å²) >= 11 is 5.88. The van der Waals surface area contributed by atoms with E-state index in [-0.39, 0.29) is 11.5 Å². The van der Waals surface area contributed by atoms with Crippen LogP contribution < -0.4 is 10.1 Å². The third-order valence-electron chi connectivity index (χ3n) is 2.80. The Morgan fingerprint density at radius 1 is 1.38 bits per heavy atom. The molecule has 0 unspecified atom stereocenters. The second-order valence-electron chi connectivity index (χ2n) is 5.07. The lowest BCUT2D eigenvalue weighted by Crippen LogP contribution is -2.41. The fourth-order valence-electron chi connectivity index (χ4n) is 1.89. The summed E-state index contributed by atoms with van der Waals surface area (Å²) in [5, 5.41) is 12.1. The van der Waals surface area contributed by atoms with E-state index >= 15 is 0 Å². The van der Waals surface area contributed by atoms with E-state index in [0.717, 1.165) is 0 Å². The van der Waals surface area contributed by atoms with Crippen molar-refractivity contribution in [3.63, 3.8) is 0 Å². The number of aliphatic carboxylic acids is 1. The molecule has 5 nitrogen and oxygen atoms in total. The molecule has 0 radical (unpaired) electrons. The average molecular weight is 314 g/mol. The first-order valence-electron chi connectivity index (χ1n) is 6.81. The third kappa shape index (κ3) is 5.27. The average Bonchev–Trinajstić information content (AvgIpc) is 2.37. The molecule has 116 valence electrons. The van der Waals surface area contributed by atoms with Crippen molar-refractivity contribution < 1.29 is 19.4 Å².